The van der Waals surface area contributed by atoms with Crippen LogP contribution in [0.2, 0.25) is 5.02 Å². The SMILES string of the molecule is CCn1ncc(Cl)c1C(=O)NCC(C)C. The molecule has 5 heteroatoms. The second kappa shape index (κ2) is 5.16. The molecule has 0 saturated carbocycles. The van der Waals surface area contributed by atoms with Gasteiger partial charge in [0.15, 0.2) is 0 Å². The zero-order chi connectivity index (χ0) is 11.4. The fourth-order valence-corrected chi connectivity index (χ4v) is 1.44. The number of aromatic nitrogens is 2. The first kappa shape index (κ1) is 12.0. The Balaban J connectivity index is 2.76. The van der Waals surface area contributed by atoms with Crippen molar-refractivity contribution in [1.82, 2.24) is 15.1 Å². The predicted molar refractivity (Wildman–Crippen MR) is 60.1 cm³/mol. The molecule has 0 atom stereocenters. The monoisotopic (exact) mass is 229 g/mol. The number of rotatable bonds is 4. The number of nitrogens with one attached hydrogen (secondary N) is 1. The minimum absolute atomic E-state index is 0.159. The van der Waals surface area contributed by atoms with Crippen LogP contribution in [0.3, 0.4) is 0 Å². The van der Waals surface area contributed by atoms with Crippen LogP contribution in [0.1, 0.15) is 31.3 Å². The van der Waals surface area contributed by atoms with Gasteiger partial charge in [0.1, 0.15) is 5.69 Å². The van der Waals surface area contributed by atoms with Crippen LogP contribution < -0.4 is 5.32 Å². The molecule has 4 nitrogen and oxygen atoms in total. The molecule has 0 bridgehead atoms. The lowest BCUT2D eigenvalue weighted by Crippen LogP contribution is -2.29. The van der Waals surface area contributed by atoms with Gasteiger partial charge in [-0.15, -0.1) is 0 Å². The Morgan fingerprint density at radius 2 is 2.33 bits per heavy atom. The van der Waals surface area contributed by atoms with Crippen LogP contribution in [-0.4, -0.2) is 22.2 Å². The molecule has 1 N–H and O–H groups in total. The minimum atomic E-state index is -0.159. The molecular formula is C10H16ClN3O. The van der Waals surface area contributed by atoms with Crippen LogP contribution in [0, 0.1) is 5.92 Å². The summed E-state index contributed by atoms with van der Waals surface area (Å²) in [5, 5.41) is 7.22. The summed E-state index contributed by atoms with van der Waals surface area (Å²) in [5.74, 6) is 0.263. The molecule has 0 fully saturated rings. The third-order valence-corrected chi connectivity index (χ3v) is 2.26. The number of hydrogen-bond acceptors (Lipinski definition) is 2. The lowest BCUT2D eigenvalue weighted by Gasteiger charge is -2.08. The van der Waals surface area contributed by atoms with E-state index in [1.165, 1.54) is 6.20 Å². The number of aryl methyl sites for hydroxylation is 1. The molecule has 0 aliphatic carbocycles. The number of amides is 1. The minimum Gasteiger partial charge on any atom is -0.350 e. The van der Waals surface area contributed by atoms with Crippen LogP contribution in [-0.2, 0) is 6.54 Å². The summed E-state index contributed by atoms with van der Waals surface area (Å²) in [5.41, 5.74) is 0.444. The van der Waals surface area contributed by atoms with E-state index in [0.717, 1.165) is 0 Å². The third kappa shape index (κ3) is 2.96. The van der Waals surface area contributed by atoms with Gasteiger partial charge in [0.05, 0.1) is 11.2 Å². The first-order valence-electron chi connectivity index (χ1n) is 5.05. The van der Waals surface area contributed by atoms with Crippen LogP contribution >= 0.6 is 11.6 Å². The Bertz CT molecular complexity index is 346. The number of nitrogens with zero attached hydrogens (tertiary/aromatic N) is 2. The van der Waals surface area contributed by atoms with Gasteiger partial charge in [0, 0.05) is 13.1 Å². The molecular weight excluding hydrogens is 214 g/mol. The molecule has 1 aromatic heterocycles. The van der Waals surface area contributed by atoms with E-state index in [4.69, 9.17) is 11.6 Å². The van der Waals surface area contributed by atoms with Crippen molar-refractivity contribution in [2.24, 2.45) is 5.92 Å². The lowest BCUT2D eigenvalue weighted by atomic mass is 10.2. The Kier molecular flexibility index (Phi) is 4.15. The van der Waals surface area contributed by atoms with E-state index < -0.39 is 0 Å². The molecule has 0 spiro atoms. The maximum atomic E-state index is 11.8. The van der Waals surface area contributed by atoms with E-state index in [1.807, 2.05) is 20.8 Å². The highest BCUT2D eigenvalue weighted by molar-refractivity contribution is 6.33. The van der Waals surface area contributed by atoms with Crippen molar-refractivity contribution < 1.29 is 4.79 Å². The van der Waals surface area contributed by atoms with E-state index in [1.54, 1.807) is 4.68 Å². The highest BCUT2D eigenvalue weighted by atomic mass is 35.5. The zero-order valence-electron chi connectivity index (χ0n) is 9.25. The second-order valence-electron chi connectivity index (χ2n) is 3.76. The molecule has 1 heterocycles. The van der Waals surface area contributed by atoms with Crippen molar-refractivity contribution in [2.45, 2.75) is 27.3 Å². The van der Waals surface area contributed by atoms with Gasteiger partial charge in [0.2, 0.25) is 0 Å². The number of carbonyl (C=O) groups is 1. The van der Waals surface area contributed by atoms with E-state index in [2.05, 4.69) is 10.4 Å². The van der Waals surface area contributed by atoms with Crippen LogP contribution in [0.25, 0.3) is 0 Å². The first-order valence-corrected chi connectivity index (χ1v) is 5.43. The molecule has 84 valence electrons. The molecule has 1 aromatic rings. The standard InChI is InChI=1S/C10H16ClN3O/c1-4-14-9(8(11)6-13-14)10(15)12-5-7(2)3/h6-7H,4-5H2,1-3H3,(H,12,15). The van der Waals surface area contributed by atoms with E-state index in [9.17, 15) is 4.79 Å². The summed E-state index contributed by atoms with van der Waals surface area (Å²) in [7, 11) is 0. The van der Waals surface area contributed by atoms with Gasteiger partial charge < -0.3 is 5.32 Å². The average molecular weight is 230 g/mol. The smallest absolute Gasteiger partial charge is 0.271 e. The topological polar surface area (TPSA) is 46.9 Å². The van der Waals surface area contributed by atoms with Gasteiger partial charge in [-0.3, -0.25) is 9.48 Å². The number of hydrogen-bond donors (Lipinski definition) is 1. The molecule has 1 rings (SSSR count). The van der Waals surface area contributed by atoms with E-state index in [-0.39, 0.29) is 5.91 Å². The normalized spacial score (nSPS) is 10.7. The summed E-state index contributed by atoms with van der Waals surface area (Å²) in [6, 6.07) is 0. The quantitative estimate of drug-likeness (QED) is 0.858. The maximum absolute atomic E-state index is 11.8. The van der Waals surface area contributed by atoms with Gasteiger partial charge in [-0.05, 0) is 12.8 Å². The van der Waals surface area contributed by atoms with Crippen LogP contribution in [0.5, 0.6) is 0 Å². The lowest BCUT2D eigenvalue weighted by molar-refractivity contribution is 0.0938. The molecule has 0 unspecified atom stereocenters. The van der Waals surface area contributed by atoms with Gasteiger partial charge in [-0.2, -0.15) is 5.10 Å². The van der Waals surface area contributed by atoms with Crippen LogP contribution in [0.15, 0.2) is 6.20 Å². The molecule has 0 aliphatic rings. The molecule has 15 heavy (non-hydrogen) atoms. The highest BCUT2D eigenvalue weighted by Gasteiger charge is 2.16. The zero-order valence-corrected chi connectivity index (χ0v) is 10.0. The summed E-state index contributed by atoms with van der Waals surface area (Å²) in [6.07, 6.45) is 1.50. The van der Waals surface area contributed by atoms with E-state index >= 15 is 0 Å². The van der Waals surface area contributed by atoms with Gasteiger partial charge >= 0.3 is 0 Å². The Morgan fingerprint density at radius 3 is 2.87 bits per heavy atom. The molecule has 1 amide bonds. The largest absolute Gasteiger partial charge is 0.350 e. The Morgan fingerprint density at radius 1 is 1.67 bits per heavy atom. The van der Waals surface area contributed by atoms with Gasteiger partial charge in [-0.25, -0.2) is 0 Å². The maximum Gasteiger partial charge on any atom is 0.271 e. The van der Waals surface area contributed by atoms with Crippen molar-refractivity contribution >= 4 is 17.5 Å². The summed E-state index contributed by atoms with van der Waals surface area (Å²) in [4.78, 5) is 11.8. The fourth-order valence-electron chi connectivity index (χ4n) is 1.21. The third-order valence-electron chi connectivity index (χ3n) is 1.98. The van der Waals surface area contributed by atoms with Crippen molar-refractivity contribution in [3.8, 4) is 0 Å². The average Bonchev–Trinajstić information content (AvgIpc) is 2.56. The van der Waals surface area contributed by atoms with Crippen molar-refractivity contribution in [1.29, 1.82) is 0 Å². The molecule has 0 aliphatic heterocycles. The van der Waals surface area contributed by atoms with Crippen LogP contribution in [0.4, 0.5) is 0 Å². The molecule has 0 aromatic carbocycles. The van der Waals surface area contributed by atoms with Crippen molar-refractivity contribution in [2.75, 3.05) is 6.54 Å². The number of halogens is 1. The second-order valence-corrected chi connectivity index (χ2v) is 4.17. The highest BCUT2D eigenvalue weighted by Crippen LogP contribution is 2.14. The summed E-state index contributed by atoms with van der Waals surface area (Å²) in [6.45, 7) is 7.28. The Labute approximate surface area is 94.6 Å². The summed E-state index contributed by atoms with van der Waals surface area (Å²) >= 11 is 5.89. The number of carbonyl (C=O) groups excluding carboxylic acids is 1. The molecule has 0 radical (unpaired) electrons. The van der Waals surface area contributed by atoms with Gasteiger partial charge in [-0.1, -0.05) is 25.4 Å². The molecule has 0 saturated heterocycles. The van der Waals surface area contributed by atoms with Gasteiger partial charge in [0.25, 0.3) is 5.91 Å². The van der Waals surface area contributed by atoms with E-state index in [0.29, 0.717) is 29.7 Å². The predicted octanol–water partition coefficient (Wildman–Crippen LogP) is 1.94. The first-order chi connectivity index (χ1) is 7.06. The Hall–Kier alpha value is -1.03. The van der Waals surface area contributed by atoms with Crippen molar-refractivity contribution in [3.63, 3.8) is 0 Å². The fraction of sp³-hybridized carbons (Fsp3) is 0.600. The summed E-state index contributed by atoms with van der Waals surface area (Å²) < 4.78 is 1.60. The van der Waals surface area contributed by atoms with Crippen molar-refractivity contribution in [3.05, 3.63) is 16.9 Å².